The molecule has 2 amide bonds. The van der Waals surface area contributed by atoms with Crippen molar-refractivity contribution in [3.05, 3.63) is 0 Å². The highest BCUT2D eigenvalue weighted by Gasteiger charge is 2.48. The summed E-state index contributed by atoms with van der Waals surface area (Å²) in [7, 11) is -1.21. The number of ether oxygens (including phenoxy) is 1. The van der Waals surface area contributed by atoms with Crippen LogP contribution in [0.4, 0.5) is 0 Å². The van der Waals surface area contributed by atoms with Crippen molar-refractivity contribution in [3.63, 3.8) is 0 Å². The second kappa shape index (κ2) is 10.5. The molecule has 0 bridgehead atoms. The van der Waals surface area contributed by atoms with Crippen LogP contribution in [0, 0.1) is 17.8 Å². The molecule has 8 heteroatoms. The molecule has 4 atom stereocenters. The van der Waals surface area contributed by atoms with E-state index in [0.29, 0.717) is 18.4 Å². The number of carbonyl (C=O) groups is 2. The molecule has 0 radical (unpaired) electrons. The first kappa shape index (κ1) is 25.9. The van der Waals surface area contributed by atoms with Gasteiger partial charge in [0.15, 0.2) is 0 Å². The summed E-state index contributed by atoms with van der Waals surface area (Å²) in [6.07, 6.45) is 11.7. The summed E-state index contributed by atoms with van der Waals surface area (Å²) in [5.74, 6) is 1.48. The maximum atomic E-state index is 13.8. The number of rotatable bonds is 4. The number of fused-ring (bicyclic) bond motifs is 1. The van der Waals surface area contributed by atoms with Gasteiger partial charge >= 0.3 is 0 Å². The number of sulfone groups is 1. The largest absolute Gasteiger partial charge is 0.381 e. The van der Waals surface area contributed by atoms with Crippen LogP contribution in [-0.4, -0.2) is 79.4 Å². The average Bonchev–Trinajstić information content (AvgIpc) is 2.82. The Labute approximate surface area is 205 Å². The fourth-order valence-electron chi connectivity index (χ4n) is 7.65. The number of amides is 2. The van der Waals surface area contributed by atoms with Gasteiger partial charge in [-0.05, 0) is 89.4 Å². The molecule has 3 aliphatic carbocycles. The van der Waals surface area contributed by atoms with Crippen molar-refractivity contribution in [2.75, 3.05) is 19.9 Å². The summed E-state index contributed by atoms with van der Waals surface area (Å²) < 4.78 is 29.5. The van der Waals surface area contributed by atoms with Gasteiger partial charge in [0, 0.05) is 38.8 Å². The summed E-state index contributed by atoms with van der Waals surface area (Å²) in [5.41, 5.74) is 0. The number of piperazine rings is 1. The highest BCUT2D eigenvalue weighted by atomic mass is 32.2. The Balaban J connectivity index is 1.48. The minimum atomic E-state index is -2.97. The number of carbonyl (C=O) groups excluding carboxylic acids is 2. The molecular formula is C26H44N2O5S. The molecule has 34 heavy (non-hydrogen) atoms. The third-order valence-electron chi connectivity index (χ3n) is 9.51. The van der Waals surface area contributed by atoms with Crippen molar-refractivity contribution in [2.24, 2.45) is 17.8 Å². The Morgan fingerprint density at radius 2 is 1.47 bits per heavy atom. The van der Waals surface area contributed by atoms with Gasteiger partial charge < -0.3 is 14.5 Å². The number of hydrogen-bond acceptors (Lipinski definition) is 5. The van der Waals surface area contributed by atoms with Crippen molar-refractivity contribution < 1.29 is 22.7 Å². The molecule has 1 aliphatic heterocycles. The lowest BCUT2D eigenvalue weighted by molar-refractivity contribution is -0.158. The topological polar surface area (TPSA) is 84.0 Å². The fourth-order valence-corrected chi connectivity index (χ4v) is 8.78. The standard InChI is InChI=1S/C26H44N2O5S/c1-17-16-27(26(30)20-5-10-22(33-3)11-6-20)25-15-21(9-14-24(25)28(17)18(2)29)19-7-12-23(13-8-19)34(4,31)32/h17,19-25H,5-16H2,1-4H3/t17-,19?,20?,21?,22?,23?,24?,25?/m0/s1. The fraction of sp³-hybridized carbons (Fsp3) is 0.923. The van der Waals surface area contributed by atoms with Crippen LogP contribution >= 0.6 is 0 Å². The highest BCUT2D eigenvalue weighted by Crippen LogP contribution is 2.44. The summed E-state index contributed by atoms with van der Waals surface area (Å²) in [6.45, 7) is 4.37. The van der Waals surface area contributed by atoms with Gasteiger partial charge in [0.05, 0.1) is 23.4 Å². The molecule has 1 heterocycles. The van der Waals surface area contributed by atoms with Crippen LogP contribution in [0.1, 0.15) is 84.5 Å². The molecule has 7 nitrogen and oxygen atoms in total. The van der Waals surface area contributed by atoms with Gasteiger partial charge in [0.1, 0.15) is 9.84 Å². The lowest BCUT2D eigenvalue weighted by Crippen LogP contribution is -2.67. The first-order chi connectivity index (χ1) is 16.1. The van der Waals surface area contributed by atoms with Crippen LogP contribution in [0.5, 0.6) is 0 Å². The molecule has 4 aliphatic rings. The quantitative estimate of drug-likeness (QED) is 0.596. The molecule has 4 fully saturated rings. The Hall–Kier alpha value is -1.15. The van der Waals surface area contributed by atoms with Gasteiger partial charge in [-0.25, -0.2) is 8.42 Å². The number of hydrogen-bond donors (Lipinski definition) is 0. The predicted octanol–water partition coefficient (Wildman–Crippen LogP) is 3.41. The van der Waals surface area contributed by atoms with Crippen molar-refractivity contribution in [1.29, 1.82) is 0 Å². The second-order valence-electron chi connectivity index (χ2n) is 11.5. The molecule has 4 rings (SSSR count). The minimum Gasteiger partial charge on any atom is -0.381 e. The SMILES string of the molecule is COC1CCC(C(=O)N2C[C@H](C)N(C(C)=O)C3CCC(C4CCC(S(C)(=O)=O)CC4)CC32)CC1. The lowest BCUT2D eigenvalue weighted by Gasteiger charge is -2.55. The van der Waals surface area contributed by atoms with Crippen LogP contribution in [0.25, 0.3) is 0 Å². The Morgan fingerprint density at radius 1 is 0.853 bits per heavy atom. The maximum absolute atomic E-state index is 13.8. The van der Waals surface area contributed by atoms with Crippen molar-refractivity contribution in [1.82, 2.24) is 9.80 Å². The van der Waals surface area contributed by atoms with E-state index in [-0.39, 0.29) is 47.2 Å². The zero-order valence-corrected chi connectivity index (χ0v) is 22.3. The first-order valence-electron chi connectivity index (χ1n) is 13.4. The zero-order chi connectivity index (χ0) is 24.6. The Kier molecular flexibility index (Phi) is 7.97. The average molecular weight is 497 g/mol. The third kappa shape index (κ3) is 5.32. The van der Waals surface area contributed by atoms with E-state index in [1.165, 1.54) is 6.26 Å². The smallest absolute Gasteiger partial charge is 0.226 e. The van der Waals surface area contributed by atoms with Crippen molar-refractivity contribution in [3.8, 4) is 0 Å². The molecule has 0 spiro atoms. The Bertz CT molecular complexity index is 845. The molecular weight excluding hydrogens is 452 g/mol. The van der Waals surface area contributed by atoms with E-state index in [2.05, 4.69) is 11.8 Å². The molecule has 1 saturated heterocycles. The molecule has 0 aromatic heterocycles. The van der Waals surface area contributed by atoms with E-state index < -0.39 is 9.84 Å². The van der Waals surface area contributed by atoms with E-state index in [9.17, 15) is 18.0 Å². The predicted molar refractivity (Wildman–Crippen MR) is 132 cm³/mol. The Morgan fingerprint density at radius 3 is 2.03 bits per heavy atom. The summed E-state index contributed by atoms with van der Waals surface area (Å²) in [4.78, 5) is 30.6. The van der Waals surface area contributed by atoms with Crippen LogP contribution < -0.4 is 0 Å². The van der Waals surface area contributed by atoms with E-state index in [0.717, 1.165) is 70.6 Å². The van der Waals surface area contributed by atoms with Gasteiger partial charge in [-0.1, -0.05) is 0 Å². The van der Waals surface area contributed by atoms with E-state index in [4.69, 9.17) is 4.74 Å². The van der Waals surface area contributed by atoms with Crippen molar-refractivity contribution >= 4 is 21.7 Å². The van der Waals surface area contributed by atoms with Crippen molar-refractivity contribution in [2.45, 2.75) is 114 Å². The molecule has 3 unspecified atom stereocenters. The summed E-state index contributed by atoms with van der Waals surface area (Å²) in [5, 5.41) is -0.191. The molecule has 0 N–H and O–H groups in total. The van der Waals surface area contributed by atoms with Gasteiger partial charge in [-0.2, -0.15) is 0 Å². The van der Waals surface area contributed by atoms with E-state index in [1.807, 2.05) is 4.90 Å². The van der Waals surface area contributed by atoms with Gasteiger partial charge in [-0.15, -0.1) is 0 Å². The van der Waals surface area contributed by atoms with Crippen LogP contribution in [0.3, 0.4) is 0 Å². The lowest BCUT2D eigenvalue weighted by atomic mass is 9.69. The summed E-state index contributed by atoms with van der Waals surface area (Å²) in [6, 6.07) is 0.225. The molecule has 194 valence electrons. The van der Waals surface area contributed by atoms with Crippen LogP contribution in [0.15, 0.2) is 0 Å². The van der Waals surface area contributed by atoms with Gasteiger partial charge in [-0.3, -0.25) is 9.59 Å². The van der Waals surface area contributed by atoms with E-state index >= 15 is 0 Å². The molecule has 0 aromatic rings. The number of nitrogens with zero attached hydrogens (tertiary/aromatic N) is 2. The van der Waals surface area contributed by atoms with Crippen LogP contribution in [-0.2, 0) is 24.2 Å². The molecule has 0 aromatic carbocycles. The zero-order valence-electron chi connectivity index (χ0n) is 21.4. The maximum Gasteiger partial charge on any atom is 0.226 e. The minimum absolute atomic E-state index is 0.0414. The molecule has 3 saturated carbocycles. The van der Waals surface area contributed by atoms with Crippen LogP contribution in [0.2, 0.25) is 0 Å². The normalized spacial score (nSPS) is 39.4. The van der Waals surface area contributed by atoms with E-state index in [1.54, 1.807) is 14.0 Å². The third-order valence-corrected chi connectivity index (χ3v) is 11.2. The highest BCUT2D eigenvalue weighted by molar-refractivity contribution is 7.91. The number of methoxy groups -OCH3 is 1. The second-order valence-corrected chi connectivity index (χ2v) is 13.9. The first-order valence-corrected chi connectivity index (χ1v) is 15.4. The monoisotopic (exact) mass is 496 g/mol. The van der Waals surface area contributed by atoms with Gasteiger partial charge in [0.25, 0.3) is 0 Å². The van der Waals surface area contributed by atoms with Gasteiger partial charge in [0.2, 0.25) is 11.8 Å². The summed E-state index contributed by atoms with van der Waals surface area (Å²) >= 11 is 0.